The van der Waals surface area contributed by atoms with Crippen LogP contribution in [0.4, 0.5) is 5.82 Å². The van der Waals surface area contributed by atoms with Gasteiger partial charge in [0.05, 0.1) is 17.6 Å². The Labute approximate surface area is 176 Å². The smallest absolute Gasteiger partial charge is 0.151 e. The molecule has 1 saturated carbocycles. The largest absolute Gasteiger partial charge is 0.507 e. The first-order valence-electron chi connectivity index (χ1n) is 10.6. The summed E-state index contributed by atoms with van der Waals surface area (Å²) in [6.45, 7) is 3.87. The van der Waals surface area contributed by atoms with E-state index in [-0.39, 0.29) is 5.75 Å². The first-order chi connectivity index (χ1) is 14.7. The number of hydrogen-bond donors (Lipinski definition) is 2. The Morgan fingerprint density at radius 3 is 2.57 bits per heavy atom. The van der Waals surface area contributed by atoms with Gasteiger partial charge in [0, 0.05) is 36.3 Å². The van der Waals surface area contributed by atoms with E-state index in [9.17, 15) is 5.11 Å². The number of rotatable bonds is 5. The minimum absolute atomic E-state index is 0.176. The molecule has 2 aromatic heterocycles. The van der Waals surface area contributed by atoms with Gasteiger partial charge < -0.3 is 15.3 Å². The Kier molecular flexibility index (Phi) is 5.04. The fraction of sp³-hybridized carbons (Fsp3) is 0.391. The predicted molar refractivity (Wildman–Crippen MR) is 116 cm³/mol. The van der Waals surface area contributed by atoms with E-state index < -0.39 is 0 Å². The molecule has 1 atom stereocenters. The minimum atomic E-state index is 0.176. The summed E-state index contributed by atoms with van der Waals surface area (Å²) in [6.07, 6.45) is 6.81. The van der Waals surface area contributed by atoms with Crippen LogP contribution in [0.3, 0.4) is 0 Å². The van der Waals surface area contributed by atoms with Crippen LogP contribution in [0.15, 0.2) is 42.6 Å². The maximum absolute atomic E-state index is 10.6. The third-order valence-electron chi connectivity index (χ3n) is 6.12. The van der Waals surface area contributed by atoms with Crippen molar-refractivity contribution in [3.63, 3.8) is 0 Å². The van der Waals surface area contributed by atoms with E-state index in [1.165, 1.54) is 19.3 Å². The van der Waals surface area contributed by atoms with Crippen LogP contribution in [-0.2, 0) is 0 Å². The maximum Gasteiger partial charge on any atom is 0.151 e. The van der Waals surface area contributed by atoms with Crippen molar-refractivity contribution in [1.82, 2.24) is 25.7 Å². The Bertz CT molecular complexity index is 1030. The van der Waals surface area contributed by atoms with Gasteiger partial charge in [0.15, 0.2) is 5.82 Å². The number of phenols is 1. The van der Waals surface area contributed by atoms with Crippen LogP contribution in [0.1, 0.15) is 31.4 Å². The highest BCUT2D eigenvalue weighted by Crippen LogP contribution is 2.33. The van der Waals surface area contributed by atoms with E-state index in [1.54, 1.807) is 12.3 Å². The van der Waals surface area contributed by atoms with E-state index in [4.69, 9.17) is 0 Å². The Hall–Kier alpha value is -3.06. The summed E-state index contributed by atoms with van der Waals surface area (Å²) < 4.78 is 0. The van der Waals surface area contributed by atoms with Gasteiger partial charge in [0.1, 0.15) is 5.75 Å². The number of phenolic OH excluding ortho intramolecular Hbond substituents is 1. The van der Waals surface area contributed by atoms with E-state index in [1.807, 2.05) is 37.3 Å². The van der Waals surface area contributed by atoms with Crippen LogP contribution in [0.2, 0.25) is 0 Å². The number of anilines is 1. The molecular formula is C23H26N6O. The topological polar surface area (TPSA) is 87.1 Å². The first-order valence-corrected chi connectivity index (χ1v) is 10.6. The molecule has 1 aromatic carbocycles. The number of nitrogens with one attached hydrogen (secondary N) is 1. The highest BCUT2D eigenvalue weighted by atomic mass is 16.3. The molecule has 154 valence electrons. The number of aromatic hydroxyl groups is 1. The third kappa shape index (κ3) is 3.85. The summed E-state index contributed by atoms with van der Waals surface area (Å²) in [5.41, 5.74) is 3.98. The Morgan fingerprint density at radius 2 is 1.87 bits per heavy atom. The van der Waals surface area contributed by atoms with Crippen molar-refractivity contribution >= 4 is 5.82 Å². The van der Waals surface area contributed by atoms with Crippen LogP contribution < -0.4 is 10.2 Å². The normalized spacial score (nSPS) is 19.1. The van der Waals surface area contributed by atoms with Crippen LogP contribution in [-0.4, -0.2) is 50.7 Å². The SMILES string of the molecule is Cc1cc(-c2ccc(-c3ccc(N4CC[C@H](NC5CCC5)C4)nn3)c(O)c2)cnn1. The Morgan fingerprint density at radius 1 is 0.967 bits per heavy atom. The highest BCUT2D eigenvalue weighted by molar-refractivity contribution is 5.74. The molecule has 1 aliphatic carbocycles. The monoisotopic (exact) mass is 402 g/mol. The molecule has 7 heteroatoms. The molecule has 0 radical (unpaired) electrons. The molecule has 0 amide bonds. The van der Waals surface area contributed by atoms with Crippen LogP contribution in [0, 0.1) is 6.92 Å². The van der Waals surface area contributed by atoms with Gasteiger partial charge in [-0.25, -0.2) is 0 Å². The van der Waals surface area contributed by atoms with Gasteiger partial charge in [-0.2, -0.15) is 10.2 Å². The second kappa shape index (κ2) is 7.99. The molecule has 0 spiro atoms. The molecule has 2 fully saturated rings. The van der Waals surface area contributed by atoms with Gasteiger partial charge in [-0.3, -0.25) is 0 Å². The summed E-state index contributed by atoms with van der Waals surface area (Å²) in [4.78, 5) is 2.29. The zero-order valence-corrected chi connectivity index (χ0v) is 17.1. The molecule has 30 heavy (non-hydrogen) atoms. The minimum Gasteiger partial charge on any atom is -0.507 e. The van der Waals surface area contributed by atoms with Gasteiger partial charge in [-0.15, -0.1) is 10.2 Å². The lowest BCUT2D eigenvalue weighted by molar-refractivity contribution is 0.311. The molecule has 7 nitrogen and oxygen atoms in total. The molecule has 0 unspecified atom stereocenters. The number of aromatic nitrogens is 4. The maximum atomic E-state index is 10.6. The lowest BCUT2D eigenvalue weighted by atomic mass is 9.92. The molecule has 1 saturated heterocycles. The van der Waals surface area contributed by atoms with Gasteiger partial charge in [-0.1, -0.05) is 12.5 Å². The molecular weight excluding hydrogens is 376 g/mol. The first kappa shape index (κ1) is 18.9. The number of aryl methyl sites for hydroxylation is 1. The van der Waals surface area contributed by atoms with Crippen molar-refractivity contribution in [1.29, 1.82) is 0 Å². The fourth-order valence-corrected chi connectivity index (χ4v) is 4.21. The molecule has 2 aliphatic rings. The number of hydrogen-bond acceptors (Lipinski definition) is 7. The summed E-state index contributed by atoms with van der Waals surface area (Å²) in [6, 6.07) is 12.7. The van der Waals surface area contributed by atoms with Gasteiger partial charge in [-0.05, 0) is 62.1 Å². The predicted octanol–water partition coefficient (Wildman–Crippen LogP) is 3.34. The number of benzene rings is 1. The molecule has 3 aromatic rings. The molecule has 0 bridgehead atoms. The van der Waals surface area contributed by atoms with Crippen LogP contribution in [0.25, 0.3) is 22.4 Å². The zero-order valence-electron chi connectivity index (χ0n) is 17.1. The summed E-state index contributed by atoms with van der Waals surface area (Å²) in [5, 5.41) is 31.1. The van der Waals surface area contributed by atoms with Crippen molar-refractivity contribution in [3.8, 4) is 28.1 Å². The van der Waals surface area contributed by atoms with Crippen molar-refractivity contribution in [2.75, 3.05) is 18.0 Å². The van der Waals surface area contributed by atoms with Crippen LogP contribution in [0.5, 0.6) is 5.75 Å². The molecule has 3 heterocycles. The number of nitrogens with zero attached hydrogens (tertiary/aromatic N) is 5. The summed E-state index contributed by atoms with van der Waals surface area (Å²) in [5.74, 6) is 1.07. The highest BCUT2D eigenvalue weighted by Gasteiger charge is 2.27. The summed E-state index contributed by atoms with van der Waals surface area (Å²) >= 11 is 0. The van der Waals surface area contributed by atoms with E-state index in [2.05, 4.69) is 30.6 Å². The quantitative estimate of drug-likeness (QED) is 0.677. The standard InChI is InChI=1S/C23H26N6O/c1-15-11-17(13-24-26-15)16-5-6-20(22(30)12-16)21-7-8-23(28-27-21)29-10-9-19(14-29)25-18-3-2-4-18/h5-8,11-13,18-19,25,30H,2-4,9-10,14H2,1H3/t19-/m0/s1. The van der Waals surface area contributed by atoms with Crippen molar-refractivity contribution in [2.45, 2.75) is 44.7 Å². The van der Waals surface area contributed by atoms with E-state index in [0.717, 1.165) is 42.1 Å². The van der Waals surface area contributed by atoms with Crippen LogP contribution >= 0.6 is 0 Å². The Balaban J connectivity index is 1.29. The third-order valence-corrected chi connectivity index (χ3v) is 6.12. The lowest BCUT2D eigenvalue weighted by Crippen LogP contribution is -2.43. The van der Waals surface area contributed by atoms with E-state index in [0.29, 0.717) is 23.3 Å². The summed E-state index contributed by atoms with van der Waals surface area (Å²) in [7, 11) is 0. The molecule has 1 aliphatic heterocycles. The van der Waals surface area contributed by atoms with Gasteiger partial charge >= 0.3 is 0 Å². The average molecular weight is 403 g/mol. The second-order valence-electron chi connectivity index (χ2n) is 8.32. The fourth-order valence-electron chi connectivity index (χ4n) is 4.21. The van der Waals surface area contributed by atoms with Gasteiger partial charge in [0.25, 0.3) is 0 Å². The van der Waals surface area contributed by atoms with Crippen molar-refractivity contribution in [3.05, 3.63) is 48.3 Å². The second-order valence-corrected chi connectivity index (χ2v) is 8.32. The zero-order chi connectivity index (χ0) is 20.5. The van der Waals surface area contributed by atoms with Gasteiger partial charge in [0.2, 0.25) is 0 Å². The van der Waals surface area contributed by atoms with Crippen molar-refractivity contribution in [2.24, 2.45) is 0 Å². The molecule has 5 rings (SSSR count). The molecule has 2 N–H and O–H groups in total. The average Bonchev–Trinajstić information content (AvgIpc) is 3.20. The van der Waals surface area contributed by atoms with E-state index >= 15 is 0 Å². The lowest BCUT2D eigenvalue weighted by Gasteiger charge is -2.29. The van der Waals surface area contributed by atoms with Crippen molar-refractivity contribution < 1.29 is 5.11 Å².